The Morgan fingerprint density at radius 3 is 2.69 bits per heavy atom. The highest BCUT2D eigenvalue weighted by Gasteiger charge is 2.12. The second kappa shape index (κ2) is 4.57. The lowest BCUT2D eigenvalue weighted by Gasteiger charge is -2.00. The zero-order valence-electron chi connectivity index (χ0n) is 8.10. The van der Waals surface area contributed by atoms with Crippen molar-refractivity contribution < 1.29 is 9.90 Å². The highest BCUT2D eigenvalue weighted by molar-refractivity contribution is 7.11. The number of hydrazone groups is 1. The number of urea groups is 1. The number of nitrogens with zero attached hydrogens (tertiary/aromatic N) is 1. The number of nitrogens with two attached hydrogens (primary N) is 1. The Hall–Kier alpha value is -2.16. The number of hydrogen-bond acceptors (Lipinski definition) is 6. The number of amides is 2. The van der Waals surface area contributed by atoms with Crippen LogP contribution in [0.2, 0.25) is 0 Å². The van der Waals surface area contributed by atoms with E-state index in [1.165, 1.54) is 6.92 Å². The van der Waals surface area contributed by atoms with Gasteiger partial charge in [0.05, 0.1) is 5.71 Å². The van der Waals surface area contributed by atoms with Crippen molar-refractivity contribution in [2.24, 2.45) is 10.8 Å². The number of aromatic nitrogens is 1. The molecule has 0 aliphatic carbocycles. The van der Waals surface area contributed by atoms with Crippen LogP contribution < -0.4 is 21.6 Å². The SMILES string of the molecule is C/C(=N\NC(N)=O)c1c(O)sc(=O)[nH]c1=O. The minimum Gasteiger partial charge on any atom is -0.499 e. The van der Waals surface area contributed by atoms with Crippen molar-refractivity contribution in [3.63, 3.8) is 0 Å². The third-order valence-corrected chi connectivity index (χ3v) is 2.23. The Bertz CT molecular complexity index is 558. The Balaban J connectivity index is 3.24. The smallest absolute Gasteiger partial charge is 0.332 e. The van der Waals surface area contributed by atoms with Gasteiger partial charge in [-0.05, 0) is 18.3 Å². The van der Waals surface area contributed by atoms with E-state index in [1.807, 2.05) is 10.4 Å². The zero-order chi connectivity index (χ0) is 12.3. The summed E-state index contributed by atoms with van der Waals surface area (Å²) in [4.78, 5) is 33.8. The molecular formula is C7H8N4O4S. The monoisotopic (exact) mass is 244 g/mol. The molecule has 0 saturated heterocycles. The van der Waals surface area contributed by atoms with Gasteiger partial charge in [0.2, 0.25) is 0 Å². The molecule has 0 radical (unpaired) electrons. The maximum atomic E-state index is 11.3. The van der Waals surface area contributed by atoms with Crippen LogP contribution in [-0.2, 0) is 0 Å². The predicted molar refractivity (Wildman–Crippen MR) is 57.8 cm³/mol. The number of H-pyrrole nitrogens is 1. The predicted octanol–water partition coefficient (Wildman–Crippen LogP) is -1.11. The molecule has 0 fully saturated rings. The van der Waals surface area contributed by atoms with Crippen LogP contribution in [0.3, 0.4) is 0 Å². The van der Waals surface area contributed by atoms with Gasteiger partial charge in [0.15, 0.2) is 5.06 Å². The molecule has 0 spiro atoms. The molecule has 0 aromatic carbocycles. The molecule has 1 aromatic heterocycles. The quantitative estimate of drug-likeness (QED) is 0.387. The minimum absolute atomic E-state index is 0.0359. The van der Waals surface area contributed by atoms with Gasteiger partial charge in [-0.1, -0.05) is 0 Å². The maximum Gasteiger partial charge on any atom is 0.332 e. The van der Waals surface area contributed by atoms with Crippen LogP contribution in [0, 0.1) is 0 Å². The van der Waals surface area contributed by atoms with Crippen LogP contribution in [-0.4, -0.2) is 21.8 Å². The summed E-state index contributed by atoms with van der Waals surface area (Å²) in [5.41, 5.74) is 5.74. The third kappa shape index (κ3) is 2.67. The van der Waals surface area contributed by atoms with Crippen LogP contribution in [0.25, 0.3) is 0 Å². The van der Waals surface area contributed by atoms with Crippen LogP contribution in [0.4, 0.5) is 4.79 Å². The molecule has 8 nitrogen and oxygen atoms in total. The molecule has 9 heteroatoms. The van der Waals surface area contributed by atoms with Gasteiger partial charge in [0.1, 0.15) is 5.56 Å². The van der Waals surface area contributed by atoms with Gasteiger partial charge in [-0.25, -0.2) is 10.2 Å². The number of aromatic amines is 1. The lowest BCUT2D eigenvalue weighted by Crippen LogP contribution is -2.28. The van der Waals surface area contributed by atoms with E-state index < -0.39 is 21.5 Å². The Morgan fingerprint density at radius 2 is 2.19 bits per heavy atom. The molecule has 1 rings (SSSR count). The molecule has 1 heterocycles. The topological polar surface area (TPSA) is 138 Å². The molecule has 0 atom stereocenters. The molecular weight excluding hydrogens is 236 g/mol. The summed E-state index contributed by atoms with van der Waals surface area (Å²) in [6, 6.07) is -0.903. The number of nitrogens with one attached hydrogen (secondary N) is 2. The summed E-state index contributed by atoms with van der Waals surface area (Å²) in [6.45, 7) is 1.37. The fourth-order valence-corrected chi connectivity index (χ4v) is 1.59. The standard InChI is InChI=1S/C7H8N4O4S/c1-2(10-11-6(8)14)3-4(12)9-7(15)16-5(3)13/h13H,1H3,(H3,8,11,14)(H,9,12,15)/b10-2+. The first-order chi connectivity index (χ1) is 7.41. The highest BCUT2D eigenvalue weighted by atomic mass is 32.1. The lowest BCUT2D eigenvalue weighted by molar-refractivity contribution is 0.249. The average molecular weight is 244 g/mol. The molecule has 0 bridgehead atoms. The Labute approximate surface area is 92.4 Å². The molecule has 0 saturated carbocycles. The van der Waals surface area contributed by atoms with Gasteiger partial charge >= 0.3 is 10.9 Å². The minimum atomic E-state index is -0.903. The number of hydrogen-bond donors (Lipinski definition) is 4. The Kier molecular flexibility index (Phi) is 3.40. The van der Waals surface area contributed by atoms with Crippen LogP contribution in [0.5, 0.6) is 5.06 Å². The van der Waals surface area contributed by atoms with Gasteiger partial charge < -0.3 is 10.8 Å². The average Bonchev–Trinajstić information content (AvgIpc) is 2.12. The fourth-order valence-electron chi connectivity index (χ4n) is 0.931. The van der Waals surface area contributed by atoms with Gasteiger partial charge in [-0.2, -0.15) is 5.10 Å². The fraction of sp³-hybridized carbons (Fsp3) is 0.143. The van der Waals surface area contributed by atoms with E-state index >= 15 is 0 Å². The van der Waals surface area contributed by atoms with Crippen molar-refractivity contribution in [2.45, 2.75) is 6.92 Å². The number of primary amides is 1. The Morgan fingerprint density at radius 1 is 1.56 bits per heavy atom. The summed E-state index contributed by atoms with van der Waals surface area (Å²) in [6.07, 6.45) is 0. The van der Waals surface area contributed by atoms with Crippen molar-refractivity contribution in [1.82, 2.24) is 10.4 Å². The third-order valence-electron chi connectivity index (χ3n) is 1.54. The second-order valence-electron chi connectivity index (χ2n) is 2.70. The largest absolute Gasteiger partial charge is 0.499 e. The molecule has 0 unspecified atom stereocenters. The van der Waals surface area contributed by atoms with Crippen molar-refractivity contribution in [1.29, 1.82) is 0 Å². The maximum absolute atomic E-state index is 11.3. The zero-order valence-corrected chi connectivity index (χ0v) is 8.92. The molecule has 1 aromatic rings. The van der Waals surface area contributed by atoms with Gasteiger partial charge in [0.25, 0.3) is 5.56 Å². The first-order valence-electron chi connectivity index (χ1n) is 3.98. The van der Waals surface area contributed by atoms with E-state index in [9.17, 15) is 19.5 Å². The van der Waals surface area contributed by atoms with Crippen molar-refractivity contribution in [2.75, 3.05) is 0 Å². The van der Waals surface area contributed by atoms with E-state index in [1.54, 1.807) is 0 Å². The molecule has 5 N–H and O–H groups in total. The van der Waals surface area contributed by atoms with E-state index in [0.717, 1.165) is 0 Å². The molecule has 2 amide bonds. The number of carbonyl (C=O) groups excluding carboxylic acids is 1. The van der Waals surface area contributed by atoms with Gasteiger partial charge in [-0.3, -0.25) is 14.6 Å². The normalized spacial score (nSPS) is 11.2. The summed E-state index contributed by atoms with van der Waals surface area (Å²) >= 11 is 0.455. The van der Waals surface area contributed by atoms with Gasteiger partial charge in [-0.15, -0.1) is 0 Å². The summed E-state index contributed by atoms with van der Waals surface area (Å²) in [7, 11) is 0. The molecule has 0 aliphatic heterocycles. The van der Waals surface area contributed by atoms with Crippen LogP contribution >= 0.6 is 11.3 Å². The van der Waals surface area contributed by atoms with E-state index in [0.29, 0.717) is 11.3 Å². The summed E-state index contributed by atoms with van der Waals surface area (Å²) < 4.78 is 0. The number of aromatic hydroxyl groups is 1. The van der Waals surface area contributed by atoms with E-state index in [-0.39, 0.29) is 11.3 Å². The van der Waals surface area contributed by atoms with Gasteiger partial charge in [0, 0.05) is 0 Å². The summed E-state index contributed by atoms with van der Waals surface area (Å²) in [5, 5.41) is 12.4. The highest BCUT2D eigenvalue weighted by Crippen LogP contribution is 2.14. The number of rotatable bonds is 2. The van der Waals surface area contributed by atoms with E-state index in [2.05, 4.69) is 5.10 Å². The molecule has 0 aliphatic rings. The van der Waals surface area contributed by atoms with Crippen LogP contribution in [0.15, 0.2) is 14.7 Å². The van der Waals surface area contributed by atoms with E-state index in [4.69, 9.17) is 5.73 Å². The molecule has 86 valence electrons. The van der Waals surface area contributed by atoms with Crippen molar-refractivity contribution >= 4 is 23.1 Å². The summed E-state index contributed by atoms with van der Waals surface area (Å²) in [5.74, 6) is 0. The number of carbonyl (C=O) groups is 1. The van der Waals surface area contributed by atoms with Crippen molar-refractivity contribution in [3.05, 3.63) is 25.6 Å². The van der Waals surface area contributed by atoms with Crippen molar-refractivity contribution in [3.8, 4) is 5.06 Å². The van der Waals surface area contributed by atoms with Crippen LogP contribution in [0.1, 0.15) is 12.5 Å². The first-order valence-corrected chi connectivity index (χ1v) is 4.80. The second-order valence-corrected chi connectivity index (χ2v) is 3.66. The lowest BCUT2D eigenvalue weighted by atomic mass is 10.2. The first kappa shape index (κ1) is 11.9. The molecule has 16 heavy (non-hydrogen) atoms.